The molecule has 1 aromatic carbocycles. The van der Waals surface area contributed by atoms with E-state index in [4.69, 9.17) is 0 Å². The third-order valence-corrected chi connectivity index (χ3v) is 4.69. The molecule has 0 aliphatic carbocycles. The zero-order chi connectivity index (χ0) is 18.3. The number of likely N-dealkylation sites (N-methyl/N-ethyl adjacent to an activating group) is 1. The Morgan fingerprint density at radius 2 is 1.79 bits per heavy atom. The van der Waals surface area contributed by atoms with Gasteiger partial charge in [-0.25, -0.2) is 22.7 Å². The quantitative estimate of drug-likeness (QED) is 0.652. The van der Waals surface area contributed by atoms with Crippen LogP contribution in [-0.4, -0.2) is 53.7 Å². The van der Waals surface area contributed by atoms with Crippen molar-refractivity contribution >= 4 is 22.0 Å². The number of rotatable bonds is 8. The van der Waals surface area contributed by atoms with Gasteiger partial charge in [0.2, 0.25) is 10.0 Å². The summed E-state index contributed by atoms with van der Waals surface area (Å²) in [6, 6.07) is 3.52. The van der Waals surface area contributed by atoms with Crippen LogP contribution in [0.5, 0.6) is 0 Å². The minimum absolute atomic E-state index is 0.0188. The van der Waals surface area contributed by atoms with Gasteiger partial charge in [0.1, 0.15) is 0 Å². The fourth-order valence-electron chi connectivity index (χ4n) is 2.00. The predicted octanol–water partition coefficient (Wildman–Crippen LogP) is 0.536. The molecule has 1 atom stereocenters. The Morgan fingerprint density at radius 3 is 2.33 bits per heavy atom. The first kappa shape index (κ1) is 20.1. The summed E-state index contributed by atoms with van der Waals surface area (Å²) < 4.78 is 36.7. The van der Waals surface area contributed by atoms with Crippen molar-refractivity contribution in [1.29, 1.82) is 0 Å². The van der Waals surface area contributed by atoms with Crippen LogP contribution >= 0.6 is 0 Å². The van der Waals surface area contributed by atoms with E-state index in [1.807, 2.05) is 13.8 Å². The van der Waals surface area contributed by atoms with Gasteiger partial charge >= 0.3 is 11.9 Å². The third kappa shape index (κ3) is 5.02. The molecule has 0 saturated carbocycles. The molecule has 0 heterocycles. The molecule has 9 heteroatoms. The molecule has 0 amide bonds. The first-order chi connectivity index (χ1) is 11.3. The molecule has 0 aliphatic rings. The van der Waals surface area contributed by atoms with E-state index in [2.05, 4.69) is 19.5 Å². The molecular weight excluding hydrogens is 336 g/mol. The minimum atomic E-state index is -4.02. The summed E-state index contributed by atoms with van der Waals surface area (Å²) in [6.07, 6.45) is 0. The number of sulfonamides is 1. The number of hydrogen-bond donors (Lipinski definition) is 2. The van der Waals surface area contributed by atoms with Crippen LogP contribution in [0.3, 0.4) is 0 Å². The number of esters is 2. The maximum absolute atomic E-state index is 12.5. The van der Waals surface area contributed by atoms with Crippen molar-refractivity contribution in [2.75, 3.05) is 27.3 Å². The second kappa shape index (κ2) is 8.76. The van der Waals surface area contributed by atoms with Crippen LogP contribution in [-0.2, 0) is 19.5 Å². The van der Waals surface area contributed by atoms with E-state index >= 15 is 0 Å². The zero-order valence-corrected chi connectivity index (χ0v) is 14.9. The highest BCUT2D eigenvalue weighted by Crippen LogP contribution is 2.19. The standard InChI is InChI=1S/C15H22N2O6S/c1-5-16-10(2)9-17-24(20,21)13-8-11(14(18)22-3)6-7-12(13)15(19)23-4/h6-8,10,16-17H,5,9H2,1-4H3/t10-/m1/s1. The molecule has 24 heavy (non-hydrogen) atoms. The van der Waals surface area contributed by atoms with Gasteiger partial charge in [0.25, 0.3) is 0 Å². The molecule has 0 unspecified atom stereocenters. The van der Waals surface area contributed by atoms with Crippen LogP contribution < -0.4 is 10.0 Å². The molecule has 0 aromatic heterocycles. The summed E-state index contributed by atoms with van der Waals surface area (Å²) >= 11 is 0. The van der Waals surface area contributed by atoms with Crippen molar-refractivity contribution in [1.82, 2.24) is 10.0 Å². The van der Waals surface area contributed by atoms with Gasteiger partial charge in [-0.05, 0) is 31.7 Å². The van der Waals surface area contributed by atoms with Crippen molar-refractivity contribution < 1.29 is 27.5 Å². The highest BCUT2D eigenvalue weighted by molar-refractivity contribution is 7.89. The molecular formula is C15H22N2O6S. The SMILES string of the molecule is CCN[C@H](C)CNS(=O)(=O)c1cc(C(=O)OC)ccc1C(=O)OC. The van der Waals surface area contributed by atoms with Gasteiger partial charge in [0.15, 0.2) is 0 Å². The molecule has 0 fully saturated rings. The number of methoxy groups -OCH3 is 2. The fraction of sp³-hybridized carbons (Fsp3) is 0.467. The van der Waals surface area contributed by atoms with Crippen LogP contribution in [0.1, 0.15) is 34.6 Å². The second-order valence-electron chi connectivity index (χ2n) is 5.00. The van der Waals surface area contributed by atoms with Crippen LogP contribution in [0, 0.1) is 0 Å². The molecule has 0 aliphatic heterocycles. The third-order valence-electron chi connectivity index (χ3n) is 3.23. The van der Waals surface area contributed by atoms with Crippen LogP contribution in [0.2, 0.25) is 0 Å². The van der Waals surface area contributed by atoms with Crippen molar-refractivity contribution in [2.45, 2.75) is 24.8 Å². The number of ether oxygens (including phenoxy) is 2. The summed E-state index contributed by atoms with van der Waals surface area (Å²) in [5.74, 6) is -1.52. The van der Waals surface area contributed by atoms with Crippen molar-refractivity contribution in [2.24, 2.45) is 0 Å². The number of nitrogens with one attached hydrogen (secondary N) is 2. The molecule has 0 bridgehead atoms. The first-order valence-electron chi connectivity index (χ1n) is 7.30. The molecule has 0 spiro atoms. The molecule has 134 valence electrons. The topological polar surface area (TPSA) is 111 Å². The zero-order valence-electron chi connectivity index (χ0n) is 14.1. The molecule has 1 rings (SSSR count). The smallest absolute Gasteiger partial charge is 0.339 e. The summed E-state index contributed by atoms with van der Waals surface area (Å²) in [5.41, 5.74) is -0.140. The summed E-state index contributed by atoms with van der Waals surface area (Å²) in [6.45, 7) is 4.53. The molecule has 8 nitrogen and oxygen atoms in total. The summed E-state index contributed by atoms with van der Waals surface area (Å²) in [4.78, 5) is 23.1. The Bertz CT molecular complexity index is 702. The van der Waals surface area contributed by atoms with Crippen molar-refractivity contribution in [3.63, 3.8) is 0 Å². The van der Waals surface area contributed by atoms with E-state index < -0.39 is 22.0 Å². The van der Waals surface area contributed by atoms with E-state index in [1.165, 1.54) is 19.2 Å². The van der Waals surface area contributed by atoms with Crippen LogP contribution in [0.4, 0.5) is 0 Å². The van der Waals surface area contributed by atoms with Gasteiger partial charge in [0.05, 0.1) is 30.2 Å². The van der Waals surface area contributed by atoms with E-state index in [-0.39, 0.29) is 28.6 Å². The monoisotopic (exact) mass is 358 g/mol. The highest BCUT2D eigenvalue weighted by Gasteiger charge is 2.25. The lowest BCUT2D eigenvalue weighted by Crippen LogP contribution is -2.39. The van der Waals surface area contributed by atoms with Gasteiger partial charge < -0.3 is 14.8 Å². The van der Waals surface area contributed by atoms with E-state index in [1.54, 1.807) is 0 Å². The van der Waals surface area contributed by atoms with Crippen molar-refractivity contribution in [3.8, 4) is 0 Å². The molecule has 1 aromatic rings. The summed E-state index contributed by atoms with van der Waals surface area (Å²) in [7, 11) is -1.69. The molecule has 2 N–H and O–H groups in total. The maximum atomic E-state index is 12.5. The Hall–Kier alpha value is -1.97. The summed E-state index contributed by atoms with van der Waals surface area (Å²) in [5, 5.41) is 3.06. The predicted molar refractivity (Wildman–Crippen MR) is 87.4 cm³/mol. The first-order valence-corrected chi connectivity index (χ1v) is 8.78. The van der Waals surface area contributed by atoms with Gasteiger partial charge in [0, 0.05) is 12.6 Å². The van der Waals surface area contributed by atoms with Crippen molar-refractivity contribution in [3.05, 3.63) is 29.3 Å². The van der Waals surface area contributed by atoms with Gasteiger partial charge in [-0.1, -0.05) is 6.92 Å². The Balaban J connectivity index is 3.25. The average molecular weight is 358 g/mol. The Kier molecular flexibility index (Phi) is 7.33. The van der Waals surface area contributed by atoms with E-state index in [0.29, 0.717) is 6.54 Å². The Morgan fingerprint density at radius 1 is 1.17 bits per heavy atom. The minimum Gasteiger partial charge on any atom is -0.465 e. The van der Waals surface area contributed by atoms with Gasteiger partial charge in [-0.3, -0.25) is 0 Å². The highest BCUT2D eigenvalue weighted by atomic mass is 32.2. The van der Waals surface area contributed by atoms with Gasteiger partial charge in [-0.2, -0.15) is 0 Å². The second-order valence-corrected chi connectivity index (χ2v) is 6.74. The fourth-order valence-corrected chi connectivity index (χ4v) is 3.35. The number of benzene rings is 1. The number of hydrogen-bond acceptors (Lipinski definition) is 7. The van der Waals surface area contributed by atoms with Crippen LogP contribution in [0.25, 0.3) is 0 Å². The lowest BCUT2D eigenvalue weighted by Gasteiger charge is -2.15. The average Bonchev–Trinajstić information content (AvgIpc) is 2.58. The largest absolute Gasteiger partial charge is 0.465 e. The Labute approximate surface area is 141 Å². The normalized spacial score (nSPS) is 12.5. The van der Waals surface area contributed by atoms with E-state index in [9.17, 15) is 18.0 Å². The maximum Gasteiger partial charge on any atom is 0.339 e. The van der Waals surface area contributed by atoms with E-state index in [0.717, 1.165) is 13.2 Å². The molecule has 0 radical (unpaired) electrons. The number of carbonyl (C=O) groups is 2. The van der Waals surface area contributed by atoms with Gasteiger partial charge in [-0.15, -0.1) is 0 Å². The number of carbonyl (C=O) groups excluding carboxylic acids is 2. The molecule has 0 saturated heterocycles. The lowest BCUT2D eigenvalue weighted by molar-refractivity contribution is 0.0583. The lowest BCUT2D eigenvalue weighted by atomic mass is 10.1. The van der Waals surface area contributed by atoms with Crippen LogP contribution in [0.15, 0.2) is 23.1 Å².